The van der Waals surface area contributed by atoms with E-state index in [1.807, 2.05) is 20.8 Å². The lowest BCUT2D eigenvalue weighted by molar-refractivity contribution is 0.556. The average molecular weight is 326 g/mol. The fraction of sp³-hybridized carbons (Fsp3) is 0.235. The number of H-pyrrole nitrogens is 3. The average Bonchev–Trinajstić information content (AvgIpc) is 3.14. The van der Waals surface area contributed by atoms with Gasteiger partial charge < -0.3 is 19.4 Å². The molecule has 3 aromatic heterocycles. The monoisotopic (exact) mass is 326 g/mol. The summed E-state index contributed by atoms with van der Waals surface area (Å²) in [5, 5.41) is 0.277. The molecule has 3 aromatic rings. The van der Waals surface area contributed by atoms with E-state index in [2.05, 4.69) is 19.9 Å². The van der Waals surface area contributed by atoms with Crippen molar-refractivity contribution in [3.63, 3.8) is 0 Å². The third-order valence-electron chi connectivity index (χ3n) is 3.52. The molecule has 0 radical (unpaired) electrons. The van der Waals surface area contributed by atoms with Crippen LogP contribution in [0.15, 0.2) is 38.7 Å². The summed E-state index contributed by atoms with van der Waals surface area (Å²) in [6.07, 6.45) is 6.09. The maximum absolute atomic E-state index is 12.3. The van der Waals surface area contributed by atoms with Crippen LogP contribution < -0.4 is 21.8 Å². The zero-order chi connectivity index (χ0) is 17.3. The number of nitrogens with one attached hydrogen (secondary N) is 3. The predicted molar refractivity (Wildman–Crippen MR) is 90.1 cm³/mol. The minimum absolute atomic E-state index is 0.130. The Bertz CT molecular complexity index is 1080. The van der Waals surface area contributed by atoms with Gasteiger partial charge in [-0.2, -0.15) is 0 Å². The number of rotatable bonds is 2. The summed E-state index contributed by atoms with van der Waals surface area (Å²) in [6.45, 7) is 6.10. The molecular formula is C17H18N4O3. The quantitative estimate of drug-likeness (QED) is 0.631. The van der Waals surface area contributed by atoms with E-state index in [1.54, 1.807) is 24.5 Å². The van der Waals surface area contributed by atoms with E-state index < -0.39 is 11.1 Å². The number of aromatic nitrogens is 4. The smallest absolute Gasteiger partial charge is 0.272 e. The zero-order valence-corrected chi connectivity index (χ0v) is 13.6. The Morgan fingerprint density at radius 3 is 2.33 bits per heavy atom. The zero-order valence-electron chi connectivity index (χ0n) is 13.6. The third kappa shape index (κ3) is 3.15. The van der Waals surface area contributed by atoms with Crippen molar-refractivity contribution in [3.05, 3.63) is 73.3 Å². The van der Waals surface area contributed by atoms with Gasteiger partial charge in [0, 0.05) is 17.2 Å². The molecule has 0 aliphatic rings. The highest BCUT2D eigenvalue weighted by atomic mass is 16.3. The fourth-order valence-corrected chi connectivity index (χ4v) is 2.36. The standard InChI is InChI=1S/C17H18N4O3/c1-17(2,3)14-11(18-9-19-14)8-13-16(23)20-12(15(22)21-13)7-10-5-4-6-24-10/h4-9H,1-3H3,(H,18,19)(H,20,23)(H,21,22)/b12-7-,13-8-. The number of aromatic amines is 3. The van der Waals surface area contributed by atoms with Gasteiger partial charge in [-0.15, -0.1) is 0 Å². The maximum Gasteiger partial charge on any atom is 0.272 e. The molecule has 0 fully saturated rings. The normalized spacial score (nSPS) is 13.6. The molecule has 0 saturated heterocycles. The summed E-state index contributed by atoms with van der Waals surface area (Å²) in [5.74, 6) is 0.482. The molecular weight excluding hydrogens is 308 g/mol. The van der Waals surface area contributed by atoms with E-state index in [0.29, 0.717) is 11.5 Å². The first kappa shape index (κ1) is 15.8. The minimum Gasteiger partial charge on any atom is -0.465 e. The highest BCUT2D eigenvalue weighted by Crippen LogP contribution is 2.22. The Morgan fingerprint density at radius 1 is 1.08 bits per heavy atom. The third-order valence-corrected chi connectivity index (χ3v) is 3.52. The number of imidazole rings is 1. The van der Waals surface area contributed by atoms with Crippen molar-refractivity contribution in [2.24, 2.45) is 0 Å². The number of furan rings is 1. The number of nitrogens with zero attached hydrogens (tertiary/aromatic N) is 1. The summed E-state index contributed by atoms with van der Waals surface area (Å²) >= 11 is 0. The Labute approximate surface area is 136 Å². The van der Waals surface area contributed by atoms with E-state index in [1.165, 1.54) is 12.3 Å². The summed E-state index contributed by atoms with van der Waals surface area (Å²) in [7, 11) is 0. The SMILES string of the molecule is CC(C)(C)c1[nH]cnc1/C=c1\[nH]c(=O)/c(=C/c2ccco2)[nH]c1=O. The van der Waals surface area contributed by atoms with Gasteiger partial charge in [0.25, 0.3) is 11.1 Å². The largest absolute Gasteiger partial charge is 0.465 e. The molecule has 0 atom stereocenters. The molecule has 0 aliphatic heterocycles. The van der Waals surface area contributed by atoms with E-state index in [-0.39, 0.29) is 16.1 Å². The molecule has 0 saturated carbocycles. The van der Waals surface area contributed by atoms with Gasteiger partial charge in [0.15, 0.2) is 0 Å². The van der Waals surface area contributed by atoms with Gasteiger partial charge in [0.2, 0.25) is 0 Å². The number of hydrogen-bond acceptors (Lipinski definition) is 4. The van der Waals surface area contributed by atoms with Gasteiger partial charge in [-0.05, 0) is 18.2 Å². The first-order valence-corrected chi connectivity index (χ1v) is 7.48. The van der Waals surface area contributed by atoms with Crippen LogP contribution in [0.4, 0.5) is 0 Å². The summed E-state index contributed by atoms with van der Waals surface area (Å²) in [6, 6.07) is 3.39. The Morgan fingerprint density at radius 2 is 1.75 bits per heavy atom. The van der Waals surface area contributed by atoms with Crippen LogP contribution in [0.2, 0.25) is 0 Å². The van der Waals surface area contributed by atoms with Crippen molar-refractivity contribution >= 4 is 12.2 Å². The van der Waals surface area contributed by atoms with Crippen LogP contribution in [-0.4, -0.2) is 19.9 Å². The van der Waals surface area contributed by atoms with E-state index in [9.17, 15) is 9.59 Å². The molecule has 0 bridgehead atoms. The van der Waals surface area contributed by atoms with Gasteiger partial charge in [-0.1, -0.05) is 20.8 Å². The molecule has 24 heavy (non-hydrogen) atoms. The van der Waals surface area contributed by atoms with Crippen molar-refractivity contribution in [2.75, 3.05) is 0 Å². The summed E-state index contributed by atoms with van der Waals surface area (Å²) < 4.78 is 5.15. The van der Waals surface area contributed by atoms with Crippen molar-refractivity contribution in [1.29, 1.82) is 0 Å². The topological polar surface area (TPSA) is 108 Å². The van der Waals surface area contributed by atoms with Crippen LogP contribution in [0.1, 0.15) is 37.9 Å². The molecule has 7 nitrogen and oxygen atoms in total. The van der Waals surface area contributed by atoms with E-state index >= 15 is 0 Å². The molecule has 0 aromatic carbocycles. The Balaban J connectivity index is 2.15. The van der Waals surface area contributed by atoms with Crippen LogP contribution in [0, 0.1) is 0 Å². The Hall–Kier alpha value is -3.09. The van der Waals surface area contributed by atoms with Crippen LogP contribution in [0.3, 0.4) is 0 Å². The van der Waals surface area contributed by atoms with Gasteiger partial charge in [0.05, 0.1) is 18.3 Å². The first-order chi connectivity index (χ1) is 11.3. The highest BCUT2D eigenvalue weighted by Gasteiger charge is 2.19. The summed E-state index contributed by atoms with van der Waals surface area (Å²) in [5.41, 5.74) is 0.517. The van der Waals surface area contributed by atoms with Gasteiger partial charge in [-0.3, -0.25) is 9.59 Å². The van der Waals surface area contributed by atoms with Gasteiger partial charge in [-0.25, -0.2) is 4.98 Å². The molecule has 0 amide bonds. The molecule has 0 spiro atoms. The van der Waals surface area contributed by atoms with Gasteiger partial charge >= 0.3 is 0 Å². The lowest BCUT2D eigenvalue weighted by Crippen LogP contribution is -2.46. The molecule has 124 valence electrons. The molecule has 0 unspecified atom stereocenters. The van der Waals surface area contributed by atoms with Gasteiger partial charge in [0.1, 0.15) is 16.5 Å². The second-order valence-corrected chi connectivity index (χ2v) is 6.45. The molecule has 7 heteroatoms. The van der Waals surface area contributed by atoms with Crippen LogP contribution in [0.25, 0.3) is 12.2 Å². The number of hydrogen-bond donors (Lipinski definition) is 3. The van der Waals surface area contributed by atoms with Crippen molar-refractivity contribution < 1.29 is 4.42 Å². The lowest BCUT2D eigenvalue weighted by Gasteiger charge is -2.16. The second kappa shape index (κ2) is 5.84. The molecule has 0 aliphatic carbocycles. The predicted octanol–water partition coefficient (Wildman–Crippen LogP) is 0.334. The Kier molecular flexibility index (Phi) is 3.84. The lowest BCUT2D eigenvalue weighted by atomic mass is 9.90. The summed E-state index contributed by atoms with van der Waals surface area (Å²) in [4.78, 5) is 36.9. The fourth-order valence-electron chi connectivity index (χ4n) is 2.36. The van der Waals surface area contributed by atoms with E-state index in [4.69, 9.17) is 4.42 Å². The van der Waals surface area contributed by atoms with Crippen LogP contribution in [-0.2, 0) is 5.41 Å². The first-order valence-electron chi connectivity index (χ1n) is 7.48. The molecule has 3 N–H and O–H groups in total. The van der Waals surface area contributed by atoms with Crippen LogP contribution in [0.5, 0.6) is 0 Å². The second-order valence-electron chi connectivity index (χ2n) is 6.45. The highest BCUT2D eigenvalue weighted by molar-refractivity contribution is 5.48. The van der Waals surface area contributed by atoms with Crippen molar-refractivity contribution in [1.82, 2.24) is 19.9 Å². The van der Waals surface area contributed by atoms with Crippen LogP contribution >= 0.6 is 0 Å². The minimum atomic E-state index is -0.412. The molecule has 3 rings (SSSR count). The van der Waals surface area contributed by atoms with Crippen molar-refractivity contribution in [3.8, 4) is 0 Å². The maximum atomic E-state index is 12.3. The molecule has 3 heterocycles. The van der Waals surface area contributed by atoms with E-state index in [0.717, 1.165) is 5.69 Å². The van der Waals surface area contributed by atoms with Crippen molar-refractivity contribution in [2.45, 2.75) is 26.2 Å².